The number of hydrogen-bond acceptors (Lipinski definition) is 5. The Morgan fingerprint density at radius 1 is 0.931 bits per heavy atom. The maximum absolute atomic E-state index is 12.4. The van der Waals surface area contributed by atoms with Gasteiger partial charge in [0.1, 0.15) is 23.0 Å². The van der Waals surface area contributed by atoms with E-state index in [1.165, 1.54) is 0 Å². The van der Waals surface area contributed by atoms with Crippen LogP contribution in [0.4, 0.5) is 0 Å². The van der Waals surface area contributed by atoms with Crippen LogP contribution in [0.25, 0.3) is 0 Å². The van der Waals surface area contributed by atoms with E-state index in [-0.39, 0.29) is 16.9 Å². The Hall–Kier alpha value is -2.69. The highest BCUT2D eigenvalue weighted by atomic mass is 16.5. The molecule has 0 radical (unpaired) electrons. The Kier molecular flexibility index (Phi) is 7.94. The Labute approximate surface area is 173 Å². The Balaban J connectivity index is 1.78. The molecular formula is C24H32O5. The zero-order valence-corrected chi connectivity index (χ0v) is 18.1. The molecule has 0 bridgehead atoms. The molecule has 0 amide bonds. The van der Waals surface area contributed by atoms with Crippen LogP contribution in [-0.4, -0.2) is 31.2 Å². The van der Waals surface area contributed by atoms with Crippen molar-refractivity contribution in [1.29, 1.82) is 0 Å². The van der Waals surface area contributed by atoms with Gasteiger partial charge in [-0.25, -0.2) is 0 Å². The SMILES string of the molecule is COc1ccc(OCCCCOc2ccc(C(=O)CC(C)(C)C)c(O)c2C)cc1. The number of Topliss-reactive ketones (excluding diaryl/α,β-unsaturated/α-hetero) is 1. The van der Waals surface area contributed by atoms with Crippen LogP contribution in [0.1, 0.15) is 56.0 Å². The summed E-state index contributed by atoms with van der Waals surface area (Å²) in [6, 6.07) is 10.9. The lowest BCUT2D eigenvalue weighted by molar-refractivity contribution is 0.0937. The second-order valence-corrected chi connectivity index (χ2v) is 8.33. The Morgan fingerprint density at radius 3 is 2.10 bits per heavy atom. The maximum Gasteiger partial charge on any atom is 0.167 e. The number of unbranched alkanes of at least 4 members (excludes halogenated alkanes) is 1. The summed E-state index contributed by atoms with van der Waals surface area (Å²) in [7, 11) is 1.63. The number of carbonyl (C=O) groups excluding carboxylic acids is 1. The number of phenols is 1. The summed E-state index contributed by atoms with van der Waals surface area (Å²) in [6.07, 6.45) is 2.05. The topological polar surface area (TPSA) is 65.0 Å². The van der Waals surface area contributed by atoms with Crippen molar-refractivity contribution >= 4 is 5.78 Å². The molecule has 1 N–H and O–H groups in total. The predicted molar refractivity (Wildman–Crippen MR) is 114 cm³/mol. The third-order valence-electron chi connectivity index (χ3n) is 4.50. The molecule has 0 heterocycles. The third kappa shape index (κ3) is 7.00. The standard InChI is InChI=1S/C24H32O5/c1-17-22(13-12-20(23(17)26)21(25)16-24(2,3)4)29-15-7-6-14-28-19-10-8-18(27-5)9-11-19/h8-13,26H,6-7,14-16H2,1-5H3. The van der Waals surface area contributed by atoms with Gasteiger partial charge < -0.3 is 19.3 Å². The first-order valence-electron chi connectivity index (χ1n) is 9.96. The van der Waals surface area contributed by atoms with E-state index >= 15 is 0 Å². The molecule has 2 aromatic carbocycles. The molecule has 0 aromatic heterocycles. The summed E-state index contributed by atoms with van der Waals surface area (Å²) in [5.74, 6) is 2.17. The molecule has 29 heavy (non-hydrogen) atoms. The first kappa shape index (κ1) is 22.6. The van der Waals surface area contributed by atoms with Crippen LogP contribution < -0.4 is 14.2 Å². The lowest BCUT2D eigenvalue weighted by atomic mass is 9.87. The van der Waals surface area contributed by atoms with E-state index in [4.69, 9.17) is 14.2 Å². The number of hydrogen-bond donors (Lipinski definition) is 1. The van der Waals surface area contributed by atoms with E-state index in [9.17, 15) is 9.90 Å². The van der Waals surface area contributed by atoms with E-state index in [2.05, 4.69) is 0 Å². The van der Waals surface area contributed by atoms with Gasteiger partial charge in [0.15, 0.2) is 5.78 Å². The van der Waals surface area contributed by atoms with Gasteiger partial charge in [-0.2, -0.15) is 0 Å². The van der Waals surface area contributed by atoms with E-state index in [1.54, 1.807) is 26.2 Å². The van der Waals surface area contributed by atoms with Gasteiger partial charge in [0.05, 0.1) is 25.9 Å². The summed E-state index contributed by atoms with van der Waals surface area (Å²) in [4.78, 5) is 12.4. The van der Waals surface area contributed by atoms with Crippen molar-refractivity contribution in [2.45, 2.75) is 47.0 Å². The number of methoxy groups -OCH3 is 1. The van der Waals surface area contributed by atoms with E-state index in [0.29, 0.717) is 36.5 Å². The summed E-state index contributed by atoms with van der Waals surface area (Å²) in [5, 5.41) is 10.4. The molecule has 0 fully saturated rings. The zero-order valence-electron chi connectivity index (χ0n) is 18.1. The fourth-order valence-corrected chi connectivity index (χ4v) is 2.89. The number of carbonyl (C=O) groups is 1. The highest BCUT2D eigenvalue weighted by Gasteiger charge is 2.21. The van der Waals surface area contributed by atoms with E-state index < -0.39 is 0 Å². The fourth-order valence-electron chi connectivity index (χ4n) is 2.89. The average molecular weight is 401 g/mol. The van der Waals surface area contributed by atoms with Crippen LogP contribution in [0.2, 0.25) is 0 Å². The second kappa shape index (κ2) is 10.2. The molecule has 5 nitrogen and oxygen atoms in total. The van der Waals surface area contributed by atoms with E-state index in [0.717, 1.165) is 24.3 Å². The van der Waals surface area contributed by atoms with Crippen molar-refractivity contribution in [3.63, 3.8) is 0 Å². The lowest BCUT2D eigenvalue weighted by Gasteiger charge is -2.18. The summed E-state index contributed by atoms with van der Waals surface area (Å²) in [5.41, 5.74) is 0.831. The molecule has 0 atom stereocenters. The van der Waals surface area contributed by atoms with Crippen LogP contribution in [0.3, 0.4) is 0 Å². The molecule has 0 saturated carbocycles. The molecule has 0 aliphatic rings. The second-order valence-electron chi connectivity index (χ2n) is 8.33. The van der Waals surface area contributed by atoms with Crippen LogP contribution in [-0.2, 0) is 0 Å². The third-order valence-corrected chi connectivity index (χ3v) is 4.50. The van der Waals surface area contributed by atoms with Gasteiger partial charge in [-0.3, -0.25) is 4.79 Å². The molecule has 0 saturated heterocycles. The summed E-state index contributed by atoms with van der Waals surface area (Å²) >= 11 is 0. The van der Waals surface area contributed by atoms with Gasteiger partial charge in [-0.1, -0.05) is 20.8 Å². The highest BCUT2D eigenvalue weighted by molar-refractivity contribution is 5.99. The van der Waals surface area contributed by atoms with Crippen LogP contribution in [0.5, 0.6) is 23.0 Å². The molecule has 2 aromatic rings. The lowest BCUT2D eigenvalue weighted by Crippen LogP contribution is -2.13. The summed E-state index contributed by atoms with van der Waals surface area (Å²) < 4.78 is 16.6. The summed E-state index contributed by atoms with van der Waals surface area (Å²) in [6.45, 7) is 8.90. The minimum atomic E-state index is -0.125. The minimum Gasteiger partial charge on any atom is -0.507 e. The van der Waals surface area contributed by atoms with Gasteiger partial charge in [0.2, 0.25) is 0 Å². The monoisotopic (exact) mass is 400 g/mol. The van der Waals surface area contributed by atoms with E-state index in [1.807, 2.05) is 45.0 Å². The number of ether oxygens (including phenoxy) is 3. The van der Waals surface area contributed by atoms with Crippen molar-refractivity contribution in [2.24, 2.45) is 5.41 Å². The molecule has 0 spiro atoms. The first-order chi connectivity index (χ1) is 13.7. The maximum atomic E-state index is 12.4. The Morgan fingerprint density at radius 2 is 1.52 bits per heavy atom. The molecule has 2 rings (SSSR count). The molecule has 5 heteroatoms. The molecule has 0 aliphatic carbocycles. The largest absolute Gasteiger partial charge is 0.507 e. The first-order valence-corrected chi connectivity index (χ1v) is 9.96. The number of phenolic OH excluding ortho intramolecular Hbond substituents is 1. The van der Waals surface area contributed by atoms with Crippen molar-refractivity contribution < 1.29 is 24.1 Å². The van der Waals surface area contributed by atoms with Crippen LogP contribution in [0.15, 0.2) is 36.4 Å². The predicted octanol–water partition coefficient (Wildman–Crippen LogP) is 5.57. The van der Waals surface area contributed by atoms with Gasteiger partial charge in [0, 0.05) is 12.0 Å². The quantitative estimate of drug-likeness (QED) is 0.417. The van der Waals surface area contributed by atoms with Crippen molar-refractivity contribution in [1.82, 2.24) is 0 Å². The molecule has 0 unspecified atom stereocenters. The van der Waals surface area contributed by atoms with Gasteiger partial charge in [0.25, 0.3) is 0 Å². The normalized spacial score (nSPS) is 11.2. The number of rotatable bonds is 10. The molecular weight excluding hydrogens is 368 g/mol. The van der Waals surface area contributed by atoms with Gasteiger partial charge in [-0.05, 0) is 61.6 Å². The average Bonchev–Trinajstić information content (AvgIpc) is 2.66. The van der Waals surface area contributed by atoms with Crippen LogP contribution >= 0.6 is 0 Å². The number of benzene rings is 2. The highest BCUT2D eigenvalue weighted by Crippen LogP contribution is 2.33. The van der Waals surface area contributed by atoms with Gasteiger partial charge >= 0.3 is 0 Å². The van der Waals surface area contributed by atoms with Crippen LogP contribution in [0, 0.1) is 12.3 Å². The Bertz CT molecular complexity index is 803. The van der Waals surface area contributed by atoms with Crippen molar-refractivity contribution in [3.05, 3.63) is 47.5 Å². The minimum absolute atomic E-state index is 0.0135. The van der Waals surface area contributed by atoms with Crippen molar-refractivity contribution in [3.8, 4) is 23.0 Å². The number of aromatic hydroxyl groups is 1. The fraction of sp³-hybridized carbons (Fsp3) is 0.458. The molecule has 158 valence electrons. The smallest absolute Gasteiger partial charge is 0.167 e. The molecule has 0 aliphatic heterocycles. The zero-order chi connectivity index (χ0) is 21.4. The van der Waals surface area contributed by atoms with Gasteiger partial charge in [-0.15, -0.1) is 0 Å². The van der Waals surface area contributed by atoms with Crippen molar-refractivity contribution in [2.75, 3.05) is 20.3 Å². The number of ketones is 1.